The lowest BCUT2D eigenvalue weighted by molar-refractivity contribution is -0.116. The summed E-state index contributed by atoms with van der Waals surface area (Å²) in [6.45, 7) is 0.0813. The smallest absolute Gasteiger partial charge is 0.248 e. The first-order valence-electron chi connectivity index (χ1n) is 2.20. The molecular formula is C4H8NO2S. The third kappa shape index (κ3) is 5.78. The molecule has 0 aliphatic carbocycles. The minimum absolute atomic E-state index is 0.0813. The number of carbonyl (C=O) groups excluding carboxylic acids is 1. The Morgan fingerprint density at radius 3 is 2.75 bits per heavy atom. The van der Waals surface area contributed by atoms with Crippen molar-refractivity contribution in [2.75, 3.05) is 18.1 Å². The second kappa shape index (κ2) is 4.93. The molecule has 0 aliphatic heterocycles. The normalized spacial score (nSPS) is 9.12. The van der Waals surface area contributed by atoms with Crippen molar-refractivity contribution in [3.8, 4) is 0 Å². The van der Waals surface area contributed by atoms with E-state index < -0.39 is 5.91 Å². The molecule has 2 N–H and O–H groups in total. The van der Waals surface area contributed by atoms with Crippen LogP contribution in [-0.2, 0) is 4.79 Å². The number of nitrogens with one attached hydrogen (secondary N) is 1. The zero-order valence-corrected chi connectivity index (χ0v) is 5.20. The average molecular weight is 134 g/mol. The van der Waals surface area contributed by atoms with Crippen LogP contribution in [0.1, 0.15) is 0 Å². The number of hydrogen-bond acceptors (Lipinski definition) is 3. The Morgan fingerprint density at radius 1 is 1.75 bits per heavy atom. The van der Waals surface area contributed by atoms with Crippen LogP contribution < -0.4 is 5.73 Å². The van der Waals surface area contributed by atoms with Crippen molar-refractivity contribution >= 4 is 17.7 Å². The molecule has 0 aliphatic rings. The van der Waals surface area contributed by atoms with Gasteiger partial charge in [-0.25, -0.2) is 0 Å². The number of aliphatic hydroxyl groups is 1. The zero-order chi connectivity index (χ0) is 6.41. The van der Waals surface area contributed by atoms with Gasteiger partial charge in [-0.1, -0.05) is 0 Å². The van der Waals surface area contributed by atoms with E-state index >= 15 is 0 Å². The highest BCUT2D eigenvalue weighted by Crippen LogP contribution is 1.95. The van der Waals surface area contributed by atoms with Crippen molar-refractivity contribution in [3.63, 3.8) is 0 Å². The second-order valence-electron chi connectivity index (χ2n) is 1.20. The first-order valence-corrected chi connectivity index (χ1v) is 3.36. The predicted octanol–water partition coefficient (Wildman–Crippen LogP) is -0.479. The summed E-state index contributed by atoms with van der Waals surface area (Å²) in [6, 6.07) is 0. The molecule has 0 saturated carbocycles. The Balaban J connectivity index is 2.82. The van der Waals surface area contributed by atoms with Gasteiger partial charge < -0.3 is 5.11 Å². The van der Waals surface area contributed by atoms with E-state index in [0.717, 1.165) is 0 Å². The molecule has 0 aromatic rings. The summed E-state index contributed by atoms with van der Waals surface area (Å²) in [6.07, 6.45) is 0. The summed E-state index contributed by atoms with van der Waals surface area (Å²) in [7, 11) is 0. The minimum Gasteiger partial charge on any atom is -0.396 e. The molecule has 0 aromatic carbocycles. The molecule has 1 amide bonds. The molecule has 0 heterocycles. The van der Waals surface area contributed by atoms with Crippen molar-refractivity contribution in [2.45, 2.75) is 0 Å². The molecular weight excluding hydrogens is 126 g/mol. The highest BCUT2D eigenvalue weighted by Gasteiger charge is 1.92. The Labute approximate surface area is 52.3 Å². The molecule has 47 valence electrons. The lowest BCUT2D eigenvalue weighted by atomic mass is 10.8. The molecule has 0 bridgehead atoms. The maximum atomic E-state index is 9.88. The summed E-state index contributed by atoms with van der Waals surface area (Å²) < 4.78 is 0. The van der Waals surface area contributed by atoms with Crippen molar-refractivity contribution in [1.29, 1.82) is 0 Å². The van der Waals surface area contributed by atoms with Crippen LogP contribution in [0.4, 0.5) is 0 Å². The molecule has 0 aromatic heterocycles. The van der Waals surface area contributed by atoms with Crippen molar-refractivity contribution in [1.82, 2.24) is 5.73 Å². The van der Waals surface area contributed by atoms with E-state index in [1.165, 1.54) is 11.8 Å². The van der Waals surface area contributed by atoms with Gasteiger partial charge in [-0.05, 0) is 0 Å². The Morgan fingerprint density at radius 2 is 2.38 bits per heavy atom. The summed E-state index contributed by atoms with van der Waals surface area (Å²) in [5.41, 5.74) is 6.41. The SMILES string of the molecule is [NH]C(=O)CSCCO. The van der Waals surface area contributed by atoms with Crippen molar-refractivity contribution in [3.05, 3.63) is 0 Å². The lowest BCUT2D eigenvalue weighted by Gasteiger charge is -1.90. The van der Waals surface area contributed by atoms with Crippen LogP contribution in [0, 0.1) is 0 Å². The number of amides is 1. The molecule has 4 heteroatoms. The van der Waals surface area contributed by atoms with Gasteiger partial charge in [0.25, 0.3) is 0 Å². The topological polar surface area (TPSA) is 61.1 Å². The van der Waals surface area contributed by atoms with Gasteiger partial charge in [-0.2, -0.15) is 0 Å². The van der Waals surface area contributed by atoms with Gasteiger partial charge in [-0.15, -0.1) is 11.8 Å². The number of carbonyl (C=O) groups is 1. The summed E-state index contributed by atoms with van der Waals surface area (Å²) in [5, 5.41) is 8.19. The molecule has 0 atom stereocenters. The zero-order valence-electron chi connectivity index (χ0n) is 4.39. The van der Waals surface area contributed by atoms with E-state index in [0.29, 0.717) is 5.75 Å². The van der Waals surface area contributed by atoms with Crippen LogP contribution in [0.15, 0.2) is 0 Å². The highest BCUT2D eigenvalue weighted by atomic mass is 32.2. The molecule has 3 nitrogen and oxygen atoms in total. The molecule has 0 fully saturated rings. The molecule has 1 radical (unpaired) electrons. The number of aliphatic hydroxyl groups excluding tert-OH is 1. The van der Waals surface area contributed by atoms with Gasteiger partial charge in [0.05, 0.1) is 12.4 Å². The summed E-state index contributed by atoms with van der Waals surface area (Å²) >= 11 is 1.27. The number of rotatable bonds is 4. The highest BCUT2D eigenvalue weighted by molar-refractivity contribution is 7.99. The standard InChI is InChI=1S/C4H8NO2S/c5-4(7)3-8-2-1-6/h5-6H,1-3H2. The van der Waals surface area contributed by atoms with Gasteiger partial charge >= 0.3 is 0 Å². The van der Waals surface area contributed by atoms with E-state index in [1.807, 2.05) is 0 Å². The Hall–Kier alpha value is -0.220. The maximum absolute atomic E-state index is 9.88. The van der Waals surface area contributed by atoms with Gasteiger partial charge in [-0.3, -0.25) is 10.5 Å². The summed E-state index contributed by atoms with van der Waals surface area (Å²) in [4.78, 5) is 9.88. The fourth-order valence-electron chi connectivity index (χ4n) is 0.229. The molecule has 0 unspecified atom stereocenters. The molecule has 0 spiro atoms. The van der Waals surface area contributed by atoms with Crippen LogP contribution in [-0.4, -0.2) is 29.1 Å². The fourth-order valence-corrected chi connectivity index (χ4v) is 0.688. The van der Waals surface area contributed by atoms with Gasteiger partial charge in [0.2, 0.25) is 5.91 Å². The van der Waals surface area contributed by atoms with E-state index in [9.17, 15) is 4.79 Å². The quantitative estimate of drug-likeness (QED) is 0.528. The molecule has 0 saturated heterocycles. The van der Waals surface area contributed by atoms with Crippen molar-refractivity contribution < 1.29 is 9.90 Å². The average Bonchev–Trinajstić information content (AvgIpc) is 1.66. The molecule has 8 heavy (non-hydrogen) atoms. The van der Waals surface area contributed by atoms with E-state index in [-0.39, 0.29) is 12.4 Å². The maximum Gasteiger partial charge on any atom is 0.248 e. The van der Waals surface area contributed by atoms with E-state index in [2.05, 4.69) is 0 Å². The van der Waals surface area contributed by atoms with Crippen LogP contribution in [0.3, 0.4) is 0 Å². The largest absolute Gasteiger partial charge is 0.396 e. The van der Waals surface area contributed by atoms with Crippen LogP contribution >= 0.6 is 11.8 Å². The van der Waals surface area contributed by atoms with Crippen LogP contribution in [0.25, 0.3) is 0 Å². The number of thioether (sulfide) groups is 1. The Kier molecular flexibility index (Phi) is 4.79. The van der Waals surface area contributed by atoms with Gasteiger partial charge in [0.1, 0.15) is 0 Å². The van der Waals surface area contributed by atoms with Gasteiger partial charge in [0.15, 0.2) is 0 Å². The van der Waals surface area contributed by atoms with Crippen LogP contribution in [0.2, 0.25) is 0 Å². The number of hydrogen-bond donors (Lipinski definition) is 1. The third-order valence-corrected chi connectivity index (χ3v) is 1.41. The predicted molar refractivity (Wildman–Crippen MR) is 32.5 cm³/mol. The third-order valence-electron chi connectivity index (χ3n) is 0.469. The first kappa shape index (κ1) is 7.78. The van der Waals surface area contributed by atoms with Crippen molar-refractivity contribution in [2.24, 2.45) is 0 Å². The van der Waals surface area contributed by atoms with E-state index in [1.54, 1.807) is 0 Å². The second-order valence-corrected chi connectivity index (χ2v) is 2.30. The lowest BCUT2D eigenvalue weighted by Crippen LogP contribution is -2.02. The summed E-state index contributed by atoms with van der Waals surface area (Å²) in [5.74, 6) is 0.161. The molecule has 0 rings (SSSR count). The minimum atomic E-state index is -0.580. The van der Waals surface area contributed by atoms with Gasteiger partial charge in [0, 0.05) is 5.75 Å². The Bertz CT molecular complexity index is 76.4. The van der Waals surface area contributed by atoms with E-state index in [4.69, 9.17) is 10.8 Å². The fraction of sp³-hybridized carbons (Fsp3) is 0.750. The van der Waals surface area contributed by atoms with Crippen LogP contribution in [0.5, 0.6) is 0 Å². The monoisotopic (exact) mass is 134 g/mol. The first-order chi connectivity index (χ1) is 3.77.